The SMILES string of the molecule is CN(Cc1ccoc1)S(=O)(=O)c1ccc2c(c1)CCN2. The van der Waals surface area contributed by atoms with Gasteiger partial charge in [0.2, 0.25) is 10.0 Å². The minimum atomic E-state index is -3.47. The molecule has 3 rings (SSSR count). The van der Waals surface area contributed by atoms with E-state index in [1.54, 1.807) is 31.5 Å². The Morgan fingerprint density at radius 2 is 2.20 bits per heavy atom. The quantitative estimate of drug-likeness (QED) is 0.937. The highest BCUT2D eigenvalue weighted by Crippen LogP contribution is 2.26. The third-order valence-corrected chi connectivity index (χ3v) is 5.28. The Morgan fingerprint density at radius 3 is 2.95 bits per heavy atom. The van der Waals surface area contributed by atoms with E-state index in [0.29, 0.717) is 11.4 Å². The topological polar surface area (TPSA) is 62.6 Å². The Kier molecular flexibility index (Phi) is 3.27. The Hall–Kier alpha value is -1.79. The molecule has 0 bridgehead atoms. The normalized spacial score (nSPS) is 14.3. The van der Waals surface area contributed by atoms with Crippen molar-refractivity contribution >= 4 is 15.7 Å². The van der Waals surface area contributed by atoms with Crippen molar-refractivity contribution in [2.75, 3.05) is 18.9 Å². The third kappa shape index (κ3) is 2.32. The van der Waals surface area contributed by atoms with Crippen molar-refractivity contribution in [3.8, 4) is 0 Å². The highest BCUT2D eigenvalue weighted by atomic mass is 32.2. The van der Waals surface area contributed by atoms with Crippen LogP contribution in [0.4, 0.5) is 5.69 Å². The van der Waals surface area contributed by atoms with Gasteiger partial charge in [0.1, 0.15) is 0 Å². The lowest BCUT2D eigenvalue weighted by atomic mass is 10.2. The number of nitrogens with one attached hydrogen (secondary N) is 1. The highest BCUT2D eigenvalue weighted by Gasteiger charge is 2.23. The van der Waals surface area contributed by atoms with Crippen molar-refractivity contribution in [3.63, 3.8) is 0 Å². The molecule has 106 valence electrons. The first-order chi connectivity index (χ1) is 9.57. The van der Waals surface area contributed by atoms with E-state index >= 15 is 0 Å². The van der Waals surface area contributed by atoms with Crippen LogP contribution in [0.5, 0.6) is 0 Å². The Morgan fingerprint density at radius 1 is 1.35 bits per heavy atom. The number of rotatable bonds is 4. The van der Waals surface area contributed by atoms with Gasteiger partial charge in [-0.25, -0.2) is 8.42 Å². The smallest absolute Gasteiger partial charge is 0.243 e. The van der Waals surface area contributed by atoms with Crippen LogP contribution in [0.25, 0.3) is 0 Å². The summed E-state index contributed by atoms with van der Waals surface area (Å²) in [5.74, 6) is 0. The predicted octanol–water partition coefficient (Wildman–Crippen LogP) is 2.07. The molecule has 0 amide bonds. The van der Waals surface area contributed by atoms with Gasteiger partial charge in [0.15, 0.2) is 0 Å². The number of nitrogens with zero attached hydrogens (tertiary/aromatic N) is 1. The molecule has 0 unspecified atom stereocenters. The lowest BCUT2D eigenvalue weighted by molar-refractivity contribution is 0.463. The molecule has 2 aromatic rings. The van der Waals surface area contributed by atoms with Crippen LogP contribution >= 0.6 is 0 Å². The fraction of sp³-hybridized carbons (Fsp3) is 0.286. The molecule has 2 heterocycles. The van der Waals surface area contributed by atoms with Crippen LogP contribution in [-0.2, 0) is 23.0 Å². The molecule has 1 aliphatic rings. The summed E-state index contributed by atoms with van der Waals surface area (Å²) < 4.78 is 31.4. The number of anilines is 1. The molecule has 0 fully saturated rings. The maximum absolute atomic E-state index is 12.5. The average Bonchev–Trinajstić information content (AvgIpc) is 3.07. The van der Waals surface area contributed by atoms with Gasteiger partial charge in [-0.3, -0.25) is 0 Å². The molecule has 20 heavy (non-hydrogen) atoms. The van der Waals surface area contributed by atoms with Crippen LogP contribution in [0.1, 0.15) is 11.1 Å². The van der Waals surface area contributed by atoms with Crippen molar-refractivity contribution in [1.82, 2.24) is 4.31 Å². The van der Waals surface area contributed by atoms with E-state index in [4.69, 9.17) is 4.42 Å². The largest absolute Gasteiger partial charge is 0.472 e. The van der Waals surface area contributed by atoms with Crippen LogP contribution in [0, 0.1) is 0 Å². The molecular formula is C14H16N2O3S. The molecule has 1 aromatic carbocycles. The first-order valence-corrected chi connectivity index (χ1v) is 7.85. The molecule has 1 N–H and O–H groups in total. The molecule has 0 radical (unpaired) electrons. The zero-order valence-corrected chi connectivity index (χ0v) is 12.0. The van der Waals surface area contributed by atoms with Crippen molar-refractivity contribution in [2.45, 2.75) is 17.9 Å². The van der Waals surface area contributed by atoms with Crippen molar-refractivity contribution in [1.29, 1.82) is 0 Å². The maximum Gasteiger partial charge on any atom is 0.243 e. The number of hydrogen-bond donors (Lipinski definition) is 1. The minimum Gasteiger partial charge on any atom is -0.472 e. The second-order valence-electron chi connectivity index (χ2n) is 4.89. The molecule has 0 aliphatic carbocycles. The maximum atomic E-state index is 12.5. The number of fused-ring (bicyclic) bond motifs is 1. The summed E-state index contributed by atoms with van der Waals surface area (Å²) in [6, 6.07) is 7.01. The van der Waals surface area contributed by atoms with Gasteiger partial charge in [-0.1, -0.05) is 0 Å². The summed E-state index contributed by atoms with van der Waals surface area (Å²) in [5, 5.41) is 3.22. The monoisotopic (exact) mass is 292 g/mol. The van der Waals surface area contributed by atoms with Crippen LogP contribution in [0.15, 0.2) is 46.1 Å². The lowest BCUT2D eigenvalue weighted by Crippen LogP contribution is -2.26. The molecule has 1 aromatic heterocycles. The van der Waals surface area contributed by atoms with Crippen LogP contribution < -0.4 is 5.32 Å². The predicted molar refractivity (Wildman–Crippen MR) is 76.0 cm³/mol. The van der Waals surface area contributed by atoms with E-state index in [-0.39, 0.29) is 0 Å². The summed E-state index contributed by atoms with van der Waals surface area (Å²) in [7, 11) is -1.90. The van der Waals surface area contributed by atoms with Gasteiger partial charge >= 0.3 is 0 Å². The van der Waals surface area contributed by atoms with Crippen molar-refractivity contribution < 1.29 is 12.8 Å². The number of hydrogen-bond acceptors (Lipinski definition) is 4. The summed E-state index contributed by atoms with van der Waals surface area (Å²) in [6.07, 6.45) is 3.96. The average molecular weight is 292 g/mol. The molecule has 6 heteroatoms. The zero-order chi connectivity index (χ0) is 14.2. The second-order valence-corrected chi connectivity index (χ2v) is 6.93. The molecule has 0 atom stereocenters. The Labute approximate surface area is 118 Å². The van der Waals surface area contributed by atoms with Crippen LogP contribution in [-0.4, -0.2) is 26.3 Å². The number of sulfonamides is 1. The fourth-order valence-electron chi connectivity index (χ4n) is 2.35. The summed E-state index contributed by atoms with van der Waals surface area (Å²) in [5.41, 5.74) is 2.92. The third-order valence-electron chi connectivity index (χ3n) is 3.48. The molecule has 0 spiro atoms. The Balaban J connectivity index is 1.87. The first kappa shape index (κ1) is 13.2. The van der Waals surface area contributed by atoms with Crippen LogP contribution in [0.2, 0.25) is 0 Å². The minimum absolute atomic E-state index is 0.300. The van der Waals surface area contributed by atoms with Gasteiger partial charge in [0.05, 0.1) is 17.4 Å². The lowest BCUT2D eigenvalue weighted by Gasteiger charge is -2.17. The van der Waals surface area contributed by atoms with E-state index < -0.39 is 10.0 Å². The van der Waals surface area contributed by atoms with Gasteiger partial charge in [0.25, 0.3) is 0 Å². The summed E-state index contributed by atoms with van der Waals surface area (Å²) >= 11 is 0. The number of furan rings is 1. The molecule has 1 aliphatic heterocycles. The second kappa shape index (κ2) is 4.96. The zero-order valence-electron chi connectivity index (χ0n) is 11.2. The Bertz CT molecular complexity index is 708. The summed E-state index contributed by atoms with van der Waals surface area (Å²) in [4.78, 5) is 0.339. The standard InChI is InChI=1S/C14H16N2O3S/c1-16(9-11-5-7-19-10-11)20(17,18)13-2-3-14-12(8-13)4-6-15-14/h2-3,5,7-8,10,15H,4,6,9H2,1H3. The van der Waals surface area contributed by atoms with Crippen LogP contribution in [0.3, 0.4) is 0 Å². The number of benzene rings is 1. The van der Waals surface area contributed by atoms with Gasteiger partial charge < -0.3 is 9.73 Å². The van der Waals surface area contributed by atoms with Crippen molar-refractivity contribution in [2.24, 2.45) is 0 Å². The fourth-order valence-corrected chi connectivity index (χ4v) is 3.56. The first-order valence-electron chi connectivity index (χ1n) is 6.41. The molecular weight excluding hydrogens is 276 g/mol. The van der Waals surface area contributed by atoms with E-state index in [1.807, 2.05) is 6.07 Å². The van der Waals surface area contributed by atoms with Gasteiger partial charge in [-0.2, -0.15) is 4.31 Å². The highest BCUT2D eigenvalue weighted by molar-refractivity contribution is 7.89. The van der Waals surface area contributed by atoms with Gasteiger partial charge in [-0.15, -0.1) is 0 Å². The van der Waals surface area contributed by atoms with Gasteiger partial charge in [-0.05, 0) is 36.2 Å². The van der Waals surface area contributed by atoms with Crippen molar-refractivity contribution in [3.05, 3.63) is 47.9 Å². The van der Waals surface area contributed by atoms with Gasteiger partial charge in [0, 0.05) is 31.4 Å². The molecule has 0 saturated heterocycles. The van der Waals surface area contributed by atoms with E-state index in [9.17, 15) is 8.42 Å². The van der Waals surface area contributed by atoms with E-state index in [0.717, 1.165) is 29.8 Å². The van der Waals surface area contributed by atoms with E-state index in [2.05, 4.69) is 5.32 Å². The van der Waals surface area contributed by atoms with E-state index in [1.165, 1.54) is 10.6 Å². The molecule has 5 nitrogen and oxygen atoms in total. The molecule has 0 saturated carbocycles. The summed E-state index contributed by atoms with van der Waals surface area (Å²) in [6.45, 7) is 1.16.